The highest BCUT2D eigenvalue weighted by molar-refractivity contribution is 6.33. The molecule has 7 heteroatoms. The Morgan fingerprint density at radius 1 is 1.40 bits per heavy atom. The van der Waals surface area contributed by atoms with Crippen LogP contribution in [0.15, 0.2) is 18.2 Å². The van der Waals surface area contributed by atoms with Crippen molar-refractivity contribution in [1.29, 1.82) is 0 Å². The van der Waals surface area contributed by atoms with Crippen LogP contribution in [-0.4, -0.2) is 11.9 Å². The fourth-order valence-electron chi connectivity index (χ4n) is 1.64. The third-order valence-corrected chi connectivity index (χ3v) is 2.94. The first-order valence-electron chi connectivity index (χ1n) is 6.04. The van der Waals surface area contributed by atoms with Crippen LogP contribution in [0.4, 0.5) is 18.9 Å². The van der Waals surface area contributed by atoms with Gasteiger partial charge in [0.05, 0.1) is 22.3 Å². The molecule has 0 aliphatic rings. The molecule has 0 unspecified atom stereocenters. The van der Waals surface area contributed by atoms with E-state index in [0.717, 1.165) is 18.2 Å². The highest BCUT2D eigenvalue weighted by atomic mass is 35.5. The van der Waals surface area contributed by atoms with Crippen molar-refractivity contribution in [3.05, 3.63) is 28.8 Å². The lowest BCUT2D eigenvalue weighted by Gasteiger charge is -2.16. The molecule has 0 saturated carbocycles. The molecule has 0 aliphatic heterocycles. The monoisotopic (exact) mass is 308 g/mol. The second-order valence-electron chi connectivity index (χ2n) is 4.92. The average Bonchev–Trinajstić information content (AvgIpc) is 2.29. The lowest BCUT2D eigenvalue weighted by Crippen LogP contribution is -2.36. The van der Waals surface area contributed by atoms with Crippen molar-refractivity contribution in [1.82, 2.24) is 0 Å². The molecule has 0 bridgehead atoms. The van der Waals surface area contributed by atoms with Gasteiger partial charge in [-0.05, 0) is 30.5 Å². The number of carbonyl (C=O) groups is 1. The zero-order valence-corrected chi connectivity index (χ0v) is 11.8. The summed E-state index contributed by atoms with van der Waals surface area (Å²) in [5, 5.41) is 2.36. The van der Waals surface area contributed by atoms with E-state index >= 15 is 0 Å². The summed E-state index contributed by atoms with van der Waals surface area (Å²) >= 11 is 5.78. The molecule has 0 saturated heterocycles. The summed E-state index contributed by atoms with van der Waals surface area (Å²) in [7, 11) is 0. The SMILES string of the molecule is CC(C)C[C@H](N)C(=O)Nc1cc(C(F)(F)F)ccc1Cl. The zero-order valence-electron chi connectivity index (χ0n) is 11.1. The Morgan fingerprint density at radius 2 is 2.00 bits per heavy atom. The lowest BCUT2D eigenvalue weighted by molar-refractivity contribution is -0.137. The predicted molar refractivity (Wildman–Crippen MR) is 72.5 cm³/mol. The second-order valence-corrected chi connectivity index (χ2v) is 5.32. The molecule has 0 spiro atoms. The number of nitrogens with two attached hydrogens (primary N) is 1. The number of hydrogen-bond donors (Lipinski definition) is 2. The van der Waals surface area contributed by atoms with Crippen molar-refractivity contribution in [3.8, 4) is 0 Å². The van der Waals surface area contributed by atoms with E-state index in [9.17, 15) is 18.0 Å². The van der Waals surface area contributed by atoms with Crippen LogP contribution in [0.1, 0.15) is 25.8 Å². The summed E-state index contributed by atoms with van der Waals surface area (Å²) in [6, 6.07) is 1.95. The van der Waals surface area contributed by atoms with Gasteiger partial charge in [0, 0.05) is 0 Å². The third kappa shape index (κ3) is 4.68. The summed E-state index contributed by atoms with van der Waals surface area (Å²) in [4.78, 5) is 11.8. The first-order valence-corrected chi connectivity index (χ1v) is 6.42. The van der Waals surface area contributed by atoms with E-state index in [4.69, 9.17) is 17.3 Å². The van der Waals surface area contributed by atoms with Crippen molar-refractivity contribution in [2.24, 2.45) is 11.7 Å². The quantitative estimate of drug-likeness (QED) is 0.891. The molecule has 1 aromatic rings. The molecule has 1 rings (SSSR count). The van der Waals surface area contributed by atoms with E-state index in [0.29, 0.717) is 6.42 Å². The topological polar surface area (TPSA) is 55.1 Å². The number of benzene rings is 1. The van der Waals surface area contributed by atoms with Crippen LogP contribution in [0.25, 0.3) is 0 Å². The number of amides is 1. The van der Waals surface area contributed by atoms with Crippen molar-refractivity contribution in [2.75, 3.05) is 5.32 Å². The van der Waals surface area contributed by atoms with Gasteiger partial charge in [-0.3, -0.25) is 4.79 Å². The van der Waals surface area contributed by atoms with E-state index in [1.54, 1.807) is 0 Å². The minimum atomic E-state index is -4.50. The van der Waals surface area contributed by atoms with Gasteiger partial charge in [0.25, 0.3) is 0 Å². The number of anilines is 1. The fraction of sp³-hybridized carbons (Fsp3) is 0.462. The Kier molecular flexibility index (Phi) is 5.42. The van der Waals surface area contributed by atoms with Crippen molar-refractivity contribution in [3.63, 3.8) is 0 Å². The van der Waals surface area contributed by atoms with E-state index in [1.807, 2.05) is 13.8 Å². The van der Waals surface area contributed by atoms with E-state index in [2.05, 4.69) is 5.32 Å². The van der Waals surface area contributed by atoms with Crippen molar-refractivity contribution < 1.29 is 18.0 Å². The molecule has 3 nitrogen and oxygen atoms in total. The molecule has 0 radical (unpaired) electrons. The number of nitrogens with one attached hydrogen (secondary N) is 1. The van der Waals surface area contributed by atoms with Crippen LogP contribution < -0.4 is 11.1 Å². The molecule has 1 amide bonds. The van der Waals surface area contributed by atoms with Crippen LogP contribution in [-0.2, 0) is 11.0 Å². The van der Waals surface area contributed by atoms with Gasteiger partial charge in [-0.25, -0.2) is 0 Å². The largest absolute Gasteiger partial charge is 0.416 e. The highest BCUT2D eigenvalue weighted by Gasteiger charge is 2.31. The Morgan fingerprint density at radius 3 is 2.50 bits per heavy atom. The van der Waals surface area contributed by atoms with Gasteiger partial charge in [-0.15, -0.1) is 0 Å². The first kappa shape index (κ1) is 16.8. The Hall–Kier alpha value is -1.27. The molecule has 0 aliphatic carbocycles. The summed E-state index contributed by atoms with van der Waals surface area (Å²) < 4.78 is 37.8. The molecule has 3 N–H and O–H groups in total. The summed E-state index contributed by atoms with van der Waals surface area (Å²) in [5.41, 5.74) is 4.69. The average molecular weight is 309 g/mol. The first-order chi connectivity index (χ1) is 9.11. The lowest BCUT2D eigenvalue weighted by atomic mass is 10.0. The number of carbonyl (C=O) groups excluding carboxylic acids is 1. The van der Waals surface area contributed by atoms with E-state index < -0.39 is 23.7 Å². The van der Waals surface area contributed by atoms with Crippen molar-refractivity contribution >= 4 is 23.2 Å². The number of halogens is 4. The zero-order chi connectivity index (χ0) is 15.5. The third-order valence-electron chi connectivity index (χ3n) is 2.61. The molecule has 112 valence electrons. The second kappa shape index (κ2) is 6.45. The molecule has 0 fully saturated rings. The summed E-state index contributed by atoms with van der Waals surface area (Å²) in [6.07, 6.45) is -4.06. The minimum absolute atomic E-state index is 0.0306. The maximum atomic E-state index is 12.6. The van der Waals surface area contributed by atoms with Crippen LogP contribution in [0.5, 0.6) is 0 Å². The van der Waals surface area contributed by atoms with E-state index in [-0.39, 0.29) is 16.6 Å². The molecule has 1 atom stereocenters. The van der Waals surface area contributed by atoms with Gasteiger partial charge in [-0.2, -0.15) is 13.2 Å². The van der Waals surface area contributed by atoms with Gasteiger partial charge in [0.15, 0.2) is 0 Å². The number of hydrogen-bond acceptors (Lipinski definition) is 2. The normalized spacial score (nSPS) is 13.4. The van der Waals surface area contributed by atoms with Crippen LogP contribution in [0.2, 0.25) is 5.02 Å². The molecular weight excluding hydrogens is 293 g/mol. The standard InChI is InChI=1S/C13H16ClF3N2O/c1-7(2)5-10(18)12(20)19-11-6-8(13(15,16)17)3-4-9(11)14/h3-4,6-7,10H,5,18H2,1-2H3,(H,19,20)/t10-/m0/s1. The minimum Gasteiger partial charge on any atom is -0.323 e. The van der Waals surface area contributed by atoms with Gasteiger partial charge in [0.1, 0.15) is 0 Å². The molecule has 20 heavy (non-hydrogen) atoms. The van der Waals surface area contributed by atoms with Gasteiger partial charge < -0.3 is 11.1 Å². The summed E-state index contributed by atoms with van der Waals surface area (Å²) in [5.74, 6) is -0.354. The fourth-order valence-corrected chi connectivity index (χ4v) is 1.80. The number of rotatable bonds is 4. The molecular formula is C13H16ClF3N2O. The highest BCUT2D eigenvalue weighted by Crippen LogP contribution is 2.33. The Labute approximate surface area is 120 Å². The predicted octanol–water partition coefficient (Wildman–Crippen LogP) is 3.67. The van der Waals surface area contributed by atoms with Crippen LogP contribution in [0, 0.1) is 5.92 Å². The molecule has 0 heterocycles. The smallest absolute Gasteiger partial charge is 0.323 e. The van der Waals surface area contributed by atoms with Gasteiger partial charge in [-0.1, -0.05) is 25.4 Å². The van der Waals surface area contributed by atoms with Gasteiger partial charge >= 0.3 is 6.18 Å². The van der Waals surface area contributed by atoms with Crippen LogP contribution in [0.3, 0.4) is 0 Å². The Balaban J connectivity index is 2.89. The summed E-state index contributed by atoms with van der Waals surface area (Å²) in [6.45, 7) is 3.79. The van der Waals surface area contributed by atoms with Crippen molar-refractivity contribution in [2.45, 2.75) is 32.5 Å². The van der Waals surface area contributed by atoms with Gasteiger partial charge in [0.2, 0.25) is 5.91 Å². The van der Waals surface area contributed by atoms with Crippen LogP contribution >= 0.6 is 11.6 Å². The number of alkyl halides is 3. The maximum Gasteiger partial charge on any atom is 0.416 e. The maximum absolute atomic E-state index is 12.6. The van der Waals surface area contributed by atoms with E-state index in [1.165, 1.54) is 0 Å². The molecule has 1 aromatic carbocycles. The molecule has 0 aromatic heterocycles. The Bertz CT molecular complexity index is 489.